The molecule has 0 aliphatic rings. The summed E-state index contributed by atoms with van der Waals surface area (Å²) in [6, 6.07) is 16.5. The van der Waals surface area contributed by atoms with Crippen LogP contribution in [0, 0.1) is 0 Å². The van der Waals surface area contributed by atoms with Crippen LogP contribution in [0.4, 0.5) is 5.69 Å². The first-order valence-corrected chi connectivity index (χ1v) is 8.24. The van der Waals surface area contributed by atoms with Crippen LogP contribution in [-0.4, -0.2) is 30.7 Å². The summed E-state index contributed by atoms with van der Waals surface area (Å²) >= 11 is 5.65. The normalized spacial score (nSPS) is 12.7. The van der Waals surface area contributed by atoms with Gasteiger partial charge < -0.3 is 15.2 Å². The number of hydrogen-bond acceptors (Lipinski definition) is 3. The van der Waals surface area contributed by atoms with Crippen LogP contribution in [0.3, 0.4) is 0 Å². The van der Waals surface area contributed by atoms with E-state index in [0.29, 0.717) is 6.54 Å². The number of aliphatic hydroxyl groups excluding tert-OH is 1. The zero-order valence-electron chi connectivity index (χ0n) is 13.8. The van der Waals surface area contributed by atoms with E-state index in [4.69, 9.17) is 16.3 Å². The Bertz CT molecular complexity index is 629. The Kier molecular flexibility index (Phi) is 5.91. The molecule has 0 aliphatic heterocycles. The third-order valence-corrected chi connectivity index (χ3v) is 4.48. The molecule has 0 amide bonds. The van der Waals surface area contributed by atoms with Gasteiger partial charge in [-0.25, -0.2) is 0 Å². The van der Waals surface area contributed by atoms with Crippen molar-refractivity contribution in [2.75, 3.05) is 24.9 Å². The molecule has 1 unspecified atom stereocenters. The molecule has 0 fully saturated rings. The topological polar surface area (TPSA) is 41.5 Å². The van der Waals surface area contributed by atoms with E-state index >= 15 is 0 Å². The molecule has 0 aromatic heterocycles. The number of alkyl halides is 1. The first-order chi connectivity index (χ1) is 11.0. The van der Waals surface area contributed by atoms with Crippen LogP contribution in [-0.2, 0) is 5.41 Å². The second kappa shape index (κ2) is 7.71. The SMILES string of the molecule is COc1ccc(C(C)(C)c2ccccc2)cc1NCC(O)CCl. The minimum absolute atomic E-state index is 0.130. The van der Waals surface area contributed by atoms with Crippen molar-refractivity contribution in [2.24, 2.45) is 0 Å². The van der Waals surface area contributed by atoms with Gasteiger partial charge in [-0.05, 0) is 23.3 Å². The Morgan fingerprint density at radius 2 is 1.83 bits per heavy atom. The van der Waals surface area contributed by atoms with Gasteiger partial charge in [0.2, 0.25) is 0 Å². The maximum Gasteiger partial charge on any atom is 0.141 e. The van der Waals surface area contributed by atoms with Crippen molar-refractivity contribution in [3.8, 4) is 5.75 Å². The van der Waals surface area contributed by atoms with Crippen molar-refractivity contribution >= 4 is 17.3 Å². The van der Waals surface area contributed by atoms with Crippen molar-refractivity contribution in [2.45, 2.75) is 25.4 Å². The molecule has 0 saturated heterocycles. The maximum atomic E-state index is 9.65. The highest BCUT2D eigenvalue weighted by atomic mass is 35.5. The van der Waals surface area contributed by atoms with Crippen LogP contribution < -0.4 is 10.1 Å². The molecule has 0 aliphatic carbocycles. The Morgan fingerprint density at radius 3 is 2.43 bits per heavy atom. The second-order valence-corrected chi connectivity index (χ2v) is 6.40. The molecule has 0 radical (unpaired) electrons. The van der Waals surface area contributed by atoms with Crippen LogP contribution in [0.2, 0.25) is 0 Å². The quantitative estimate of drug-likeness (QED) is 0.752. The first-order valence-electron chi connectivity index (χ1n) is 7.71. The molecule has 0 heterocycles. The first kappa shape index (κ1) is 17.6. The van der Waals surface area contributed by atoms with Crippen LogP contribution in [0.15, 0.2) is 48.5 Å². The predicted octanol–water partition coefficient (Wildman–Crippen LogP) is 4.03. The Hall–Kier alpha value is -1.71. The maximum absolute atomic E-state index is 9.65. The second-order valence-electron chi connectivity index (χ2n) is 6.10. The largest absolute Gasteiger partial charge is 0.495 e. The van der Waals surface area contributed by atoms with E-state index in [1.54, 1.807) is 7.11 Å². The molecule has 0 bridgehead atoms. The monoisotopic (exact) mass is 333 g/mol. The number of hydrogen-bond donors (Lipinski definition) is 2. The van der Waals surface area contributed by atoms with Crippen LogP contribution >= 0.6 is 11.6 Å². The molecule has 3 nitrogen and oxygen atoms in total. The standard InChI is InChI=1S/C19H24ClNO2/c1-19(2,14-7-5-4-6-8-14)15-9-10-18(23-3)17(11-15)21-13-16(22)12-20/h4-11,16,21-22H,12-13H2,1-3H3. The number of ether oxygens (including phenoxy) is 1. The molecule has 0 saturated carbocycles. The number of aliphatic hydroxyl groups is 1. The third-order valence-electron chi connectivity index (χ3n) is 4.12. The highest BCUT2D eigenvalue weighted by molar-refractivity contribution is 6.18. The summed E-state index contributed by atoms with van der Waals surface area (Å²) < 4.78 is 5.41. The van der Waals surface area contributed by atoms with E-state index < -0.39 is 6.10 Å². The predicted molar refractivity (Wildman–Crippen MR) is 96.8 cm³/mol. The molecule has 2 rings (SSSR count). The van der Waals surface area contributed by atoms with Crippen molar-refractivity contribution in [1.82, 2.24) is 0 Å². The molecule has 0 spiro atoms. The lowest BCUT2D eigenvalue weighted by atomic mass is 9.78. The molecular formula is C19H24ClNO2. The van der Waals surface area contributed by atoms with Gasteiger partial charge in [0.25, 0.3) is 0 Å². The lowest BCUT2D eigenvalue weighted by Gasteiger charge is -2.27. The van der Waals surface area contributed by atoms with Gasteiger partial charge in [-0.15, -0.1) is 11.6 Å². The van der Waals surface area contributed by atoms with E-state index in [1.165, 1.54) is 11.1 Å². The summed E-state index contributed by atoms with van der Waals surface area (Å²) in [7, 11) is 1.64. The molecule has 1 atom stereocenters. The Balaban J connectivity index is 2.33. The molecule has 2 aromatic carbocycles. The number of halogens is 1. The van der Waals surface area contributed by atoms with Gasteiger partial charge >= 0.3 is 0 Å². The average Bonchev–Trinajstić information content (AvgIpc) is 2.60. The summed E-state index contributed by atoms with van der Waals surface area (Å²) in [6.07, 6.45) is -0.591. The van der Waals surface area contributed by atoms with Crippen LogP contribution in [0.5, 0.6) is 5.75 Å². The fourth-order valence-corrected chi connectivity index (χ4v) is 2.65. The fourth-order valence-electron chi connectivity index (χ4n) is 2.54. The van der Waals surface area contributed by atoms with E-state index in [-0.39, 0.29) is 11.3 Å². The van der Waals surface area contributed by atoms with E-state index in [2.05, 4.69) is 55.6 Å². The summed E-state index contributed by atoms with van der Waals surface area (Å²) in [5, 5.41) is 12.9. The number of nitrogens with one attached hydrogen (secondary N) is 1. The van der Waals surface area contributed by atoms with Crippen molar-refractivity contribution in [3.63, 3.8) is 0 Å². The van der Waals surface area contributed by atoms with E-state index in [0.717, 1.165) is 11.4 Å². The lowest BCUT2D eigenvalue weighted by Crippen LogP contribution is -2.22. The van der Waals surface area contributed by atoms with Gasteiger partial charge in [0.05, 0.1) is 24.8 Å². The van der Waals surface area contributed by atoms with Crippen LogP contribution in [0.25, 0.3) is 0 Å². The molecule has 2 aromatic rings. The van der Waals surface area contributed by atoms with Gasteiger partial charge in [-0.1, -0.05) is 50.2 Å². The fraction of sp³-hybridized carbons (Fsp3) is 0.368. The summed E-state index contributed by atoms with van der Waals surface area (Å²) in [6.45, 7) is 4.78. The van der Waals surface area contributed by atoms with Crippen molar-refractivity contribution in [3.05, 3.63) is 59.7 Å². The molecule has 4 heteroatoms. The molecular weight excluding hydrogens is 310 g/mol. The molecule has 23 heavy (non-hydrogen) atoms. The minimum Gasteiger partial charge on any atom is -0.495 e. The van der Waals surface area contributed by atoms with Gasteiger partial charge in [0, 0.05) is 12.0 Å². The minimum atomic E-state index is -0.591. The number of anilines is 1. The smallest absolute Gasteiger partial charge is 0.141 e. The van der Waals surface area contributed by atoms with Gasteiger partial charge in [0.15, 0.2) is 0 Å². The van der Waals surface area contributed by atoms with Crippen LogP contribution in [0.1, 0.15) is 25.0 Å². The highest BCUT2D eigenvalue weighted by Crippen LogP contribution is 2.35. The third kappa shape index (κ3) is 4.18. The summed E-state index contributed by atoms with van der Waals surface area (Å²) in [5.74, 6) is 0.948. The number of methoxy groups -OCH3 is 1. The van der Waals surface area contributed by atoms with Crippen molar-refractivity contribution in [1.29, 1.82) is 0 Å². The van der Waals surface area contributed by atoms with Crippen molar-refractivity contribution < 1.29 is 9.84 Å². The summed E-state index contributed by atoms with van der Waals surface area (Å²) in [4.78, 5) is 0. The van der Waals surface area contributed by atoms with Gasteiger partial charge in [-0.3, -0.25) is 0 Å². The number of benzene rings is 2. The Labute approximate surface area is 143 Å². The highest BCUT2D eigenvalue weighted by Gasteiger charge is 2.24. The average molecular weight is 334 g/mol. The van der Waals surface area contributed by atoms with Gasteiger partial charge in [-0.2, -0.15) is 0 Å². The zero-order valence-corrected chi connectivity index (χ0v) is 14.6. The summed E-state index contributed by atoms with van der Waals surface area (Å²) in [5.41, 5.74) is 3.15. The molecule has 2 N–H and O–H groups in total. The zero-order chi connectivity index (χ0) is 16.9. The number of rotatable bonds is 7. The van der Waals surface area contributed by atoms with E-state index in [1.807, 2.05) is 12.1 Å². The Morgan fingerprint density at radius 1 is 1.13 bits per heavy atom. The van der Waals surface area contributed by atoms with E-state index in [9.17, 15) is 5.11 Å². The molecule has 124 valence electrons. The van der Waals surface area contributed by atoms with Gasteiger partial charge in [0.1, 0.15) is 5.75 Å². The lowest BCUT2D eigenvalue weighted by molar-refractivity contribution is 0.211.